The summed E-state index contributed by atoms with van der Waals surface area (Å²) in [5, 5.41) is 0.606. The van der Waals surface area contributed by atoms with Crippen molar-refractivity contribution in [2.45, 2.75) is 0 Å². The molecule has 0 aliphatic rings. The Labute approximate surface area is 101 Å². The molecule has 0 aliphatic carbocycles. The molecule has 2 nitrogen and oxygen atoms in total. The van der Waals surface area contributed by atoms with Crippen molar-refractivity contribution >= 4 is 23.2 Å². The van der Waals surface area contributed by atoms with Gasteiger partial charge in [-0.3, -0.25) is 4.79 Å². The first-order chi connectivity index (χ1) is 7.61. The Morgan fingerprint density at radius 1 is 1.12 bits per heavy atom. The number of H-pyrrole nitrogens is 1. The number of hydrogen-bond donors (Lipinski definition) is 1. The molecule has 1 aromatic heterocycles. The maximum absolute atomic E-state index is 13.6. The molecule has 16 heavy (non-hydrogen) atoms. The maximum Gasteiger partial charge on any atom is 0.284 e. The average Bonchev–Trinajstić information content (AvgIpc) is 2.24. The van der Waals surface area contributed by atoms with E-state index in [0.29, 0.717) is 15.6 Å². The molecule has 0 aliphatic heterocycles. The summed E-state index contributed by atoms with van der Waals surface area (Å²) in [6.07, 6.45) is 1.35. The highest BCUT2D eigenvalue weighted by Gasteiger charge is 2.14. The van der Waals surface area contributed by atoms with Crippen LogP contribution >= 0.6 is 23.2 Å². The summed E-state index contributed by atoms with van der Waals surface area (Å²) in [5.74, 6) is -0.891. The maximum atomic E-state index is 13.6. The van der Waals surface area contributed by atoms with Gasteiger partial charge in [-0.15, -0.1) is 0 Å². The largest absolute Gasteiger partial charge is 0.327 e. The van der Waals surface area contributed by atoms with E-state index in [1.54, 1.807) is 18.2 Å². The van der Waals surface area contributed by atoms with Crippen LogP contribution in [0.15, 0.2) is 35.3 Å². The molecule has 1 N–H and O–H groups in total. The molecule has 82 valence electrons. The number of nitrogens with one attached hydrogen (secondary N) is 1. The van der Waals surface area contributed by atoms with Gasteiger partial charge in [0, 0.05) is 27.4 Å². The van der Waals surface area contributed by atoms with Crippen LogP contribution < -0.4 is 5.56 Å². The van der Waals surface area contributed by atoms with E-state index in [-0.39, 0.29) is 5.56 Å². The van der Waals surface area contributed by atoms with Crippen LogP contribution in [0.3, 0.4) is 0 Å². The molecule has 0 saturated heterocycles. The summed E-state index contributed by atoms with van der Waals surface area (Å²) in [7, 11) is 0. The lowest BCUT2D eigenvalue weighted by molar-refractivity contribution is 0.612. The first kappa shape index (κ1) is 11.2. The zero-order chi connectivity index (χ0) is 11.7. The van der Waals surface area contributed by atoms with Crippen molar-refractivity contribution in [3.8, 4) is 11.1 Å². The van der Waals surface area contributed by atoms with Crippen LogP contribution in [0.4, 0.5) is 4.39 Å². The summed E-state index contributed by atoms with van der Waals surface area (Å²) in [4.78, 5) is 13.4. The number of pyridine rings is 1. The summed E-state index contributed by atoms with van der Waals surface area (Å²) in [5.41, 5.74) is -0.373. The van der Waals surface area contributed by atoms with Crippen molar-refractivity contribution in [2.24, 2.45) is 0 Å². The van der Waals surface area contributed by atoms with E-state index in [1.165, 1.54) is 12.3 Å². The standard InChI is InChI=1S/C11H6Cl2FNO/c12-7-2-1-3-8(13)9(7)6-4-5-15-11(16)10(6)14/h1-5H,(H,15,16). The molecule has 2 rings (SSSR count). The van der Waals surface area contributed by atoms with Gasteiger partial charge in [-0.1, -0.05) is 29.3 Å². The normalized spacial score (nSPS) is 10.4. The Morgan fingerprint density at radius 2 is 1.75 bits per heavy atom. The number of halogens is 3. The fraction of sp³-hybridized carbons (Fsp3) is 0. The molecule has 1 heterocycles. The molecule has 0 spiro atoms. The third-order valence-corrected chi connectivity index (χ3v) is 2.76. The highest BCUT2D eigenvalue weighted by molar-refractivity contribution is 6.39. The monoisotopic (exact) mass is 257 g/mol. The average molecular weight is 258 g/mol. The molecule has 1 aromatic carbocycles. The third-order valence-electron chi connectivity index (χ3n) is 2.13. The fourth-order valence-corrected chi connectivity index (χ4v) is 2.01. The Morgan fingerprint density at radius 3 is 2.38 bits per heavy atom. The highest BCUT2D eigenvalue weighted by atomic mass is 35.5. The van der Waals surface area contributed by atoms with E-state index in [2.05, 4.69) is 4.98 Å². The summed E-state index contributed by atoms with van der Waals surface area (Å²) in [6.45, 7) is 0. The van der Waals surface area contributed by atoms with Crippen LogP contribution in [0.5, 0.6) is 0 Å². The van der Waals surface area contributed by atoms with Gasteiger partial charge >= 0.3 is 0 Å². The van der Waals surface area contributed by atoms with Crippen LogP contribution in [0, 0.1) is 5.82 Å². The Balaban J connectivity index is 2.78. The second kappa shape index (κ2) is 4.28. The number of aromatic nitrogens is 1. The van der Waals surface area contributed by atoms with Crippen LogP contribution in [-0.2, 0) is 0 Å². The smallest absolute Gasteiger partial charge is 0.284 e. The predicted molar refractivity (Wildman–Crippen MR) is 62.5 cm³/mol. The van der Waals surface area contributed by atoms with E-state index in [0.717, 1.165) is 0 Å². The van der Waals surface area contributed by atoms with Crippen molar-refractivity contribution in [3.05, 3.63) is 56.7 Å². The van der Waals surface area contributed by atoms with Gasteiger partial charge in [0.1, 0.15) is 0 Å². The minimum atomic E-state index is -0.891. The van der Waals surface area contributed by atoms with Gasteiger partial charge < -0.3 is 4.98 Å². The number of hydrogen-bond acceptors (Lipinski definition) is 1. The highest BCUT2D eigenvalue weighted by Crippen LogP contribution is 2.34. The first-order valence-corrected chi connectivity index (χ1v) is 5.18. The summed E-state index contributed by atoms with van der Waals surface area (Å²) < 4.78 is 13.6. The Bertz CT molecular complexity index is 575. The van der Waals surface area contributed by atoms with Crippen molar-refractivity contribution < 1.29 is 4.39 Å². The van der Waals surface area contributed by atoms with Crippen molar-refractivity contribution in [2.75, 3.05) is 0 Å². The van der Waals surface area contributed by atoms with E-state index in [1.807, 2.05) is 0 Å². The fourth-order valence-electron chi connectivity index (χ4n) is 1.41. The predicted octanol–water partition coefficient (Wildman–Crippen LogP) is 3.49. The zero-order valence-corrected chi connectivity index (χ0v) is 9.44. The number of benzene rings is 1. The molecule has 2 aromatic rings. The molecular weight excluding hydrogens is 252 g/mol. The number of rotatable bonds is 1. The van der Waals surface area contributed by atoms with E-state index in [9.17, 15) is 9.18 Å². The molecule has 5 heteroatoms. The van der Waals surface area contributed by atoms with Crippen molar-refractivity contribution in [1.82, 2.24) is 4.98 Å². The number of aromatic amines is 1. The van der Waals surface area contributed by atoms with Gasteiger partial charge in [0.15, 0.2) is 5.82 Å². The topological polar surface area (TPSA) is 32.9 Å². The van der Waals surface area contributed by atoms with Crippen molar-refractivity contribution in [3.63, 3.8) is 0 Å². The molecular formula is C11H6Cl2FNO. The Hall–Kier alpha value is -1.32. The molecule has 0 saturated carbocycles. The molecule has 0 unspecified atom stereocenters. The van der Waals surface area contributed by atoms with Crippen LogP contribution in [0.25, 0.3) is 11.1 Å². The lowest BCUT2D eigenvalue weighted by Gasteiger charge is -2.07. The van der Waals surface area contributed by atoms with Crippen LogP contribution in [-0.4, -0.2) is 4.98 Å². The van der Waals surface area contributed by atoms with E-state index < -0.39 is 11.4 Å². The molecule has 0 amide bonds. The SMILES string of the molecule is O=c1[nH]ccc(-c2c(Cl)cccc2Cl)c1F. The zero-order valence-electron chi connectivity index (χ0n) is 7.93. The molecule has 0 fully saturated rings. The second-order valence-electron chi connectivity index (χ2n) is 3.13. The van der Waals surface area contributed by atoms with E-state index >= 15 is 0 Å². The van der Waals surface area contributed by atoms with Crippen LogP contribution in [0.1, 0.15) is 0 Å². The first-order valence-electron chi connectivity index (χ1n) is 4.43. The Kier molecular flexibility index (Phi) is 2.99. The lowest BCUT2D eigenvalue weighted by Crippen LogP contribution is -2.10. The molecule has 0 bridgehead atoms. The van der Waals surface area contributed by atoms with Gasteiger partial charge in [-0.2, -0.15) is 0 Å². The van der Waals surface area contributed by atoms with Gasteiger partial charge in [-0.25, -0.2) is 4.39 Å². The van der Waals surface area contributed by atoms with Gasteiger partial charge in [0.05, 0.1) is 0 Å². The lowest BCUT2D eigenvalue weighted by atomic mass is 10.1. The third kappa shape index (κ3) is 1.84. The van der Waals surface area contributed by atoms with Gasteiger partial charge in [0.2, 0.25) is 0 Å². The summed E-state index contributed by atoms with van der Waals surface area (Å²) in [6, 6.07) is 6.25. The molecule has 0 radical (unpaired) electrons. The quantitative estimate of drug-likeness (QED) is 0.834. The second-order valence-corrected chi connectivity index (χ2v) is 3.95. The van der Waals surface area contributed by atoms with Gasteiger partial charge in [-0.05, 0) is 18.2 Å². The van der Waals surface area contributed by atoms with Gasteiger partial charge in [0.25, 0.3) is 5.56 Å². The minimum Gasteiger partial charge on any atom is -0.327 e. The van der Waals surface area contributed by atoms with Crippen molar-refractivity contribution in [1.29, 1.82) is 0 Å². The summed E-state index contributed by atoms with van der Waals surface area (Å²) >= 11 is 11.9. The van der Waals surface area contributed by atoms with Crippen LogP contribution in [0.2, 0.25) is 10.0 Å². The van der Waals surface area contributed by atoms with E-state index in [4.69, 9.17) is 23.2 Å². The minimum absolute atomic E-state index is 0.0966. The molecule has 0 atom stereocenters.